The van der Waals surface area contributed by atoms with Gasteiger partial charge in [-0.2, -0.15) is 0 Å². The molecule has 1 aromatic rings. The number of ether oxygens (including phenoxy) is 1. The predicted octanol–water partition coefficient (Wildman–Crippen LogP) is 2.53. The van der Waals surface area contributed by atoms with E-state index in [1.807, 2.05) is 25.1 Å². The first-order chi connectivity index (χ1) is 14.3. The second kappa shape index (κ2) is 7.85. The molecule has 1 saturated heterocycles. The Kier molecular flexibility index (Phi) is 5.38. The summed E-state index contributed by atoms with van der Waals surface area (Å²) in [6, 6.07) is 6.29. The van der Waals surface area contributed by atoms with Crippen LogP contribution in [-0.2, 0) is 23.9 Å². The van der Waals surface area contributed by atoms with E-state index in [0.717, 1.165) is 29.7 Å². The Morgan fingerprint density at radius 1 is 1.13 bits per heavy atom. The summed E-state index contributed by atoms with van der Waals surface area (Å²) in [5, 5.41) is 2.68. The van der Waals surface area contributed by atoms with Crippen LogP contribution >= 0.6 is 0 Å². The maximum atomic E-state index is 13.1. The van der Waals surface area contributed by atoms with Crippen LogP contribution in [0.15, 0.2) is 24.3 Å². The van der Waals surface area contributed by atoms with E-state index in [9.17, 15) is 19.2 Å². The highest BCUT2D eigenvalue weighted by molar-refractivity contribution is 6.08. The van der Waals surface area contributed by atoms with Gasteiger partial charge in [-0.05, 0) is 61.6 Å². The van der Waals surface area contributed by atoms with E-state index in [0.29, 0.717) is 5.69 Å². The lowest BCUT2D eigenvalue weighted by molar-refractivity contribution is -0.162. The largest absolute Gasteiger partial charge is 0.454 e. The number of nitrogens with one attached hydrogen (secondary N) is 1. The van der Waals surface area contributed by atoms with Crippen molar-refractivity contribution in [2.75, 3.05) is 11.9 Å². The smallest absolute Gasteiger partial charge is 0.330 e. The highest BCUT2D eigenvalue weighted by Gasteiger charge is 2.62. The third-order valence-corrected chi connectivity index (χ3v) is 6.76. The molecule has 160 valence electrons. The Hall–Kier alpha value is -2.70. The number of hydrogen-bond acceptors (Lipinski definition) is 5. The Labute approximate surface area is 176 Å². The van der Waals surface area contributed by atoms with E-state index in [2.05, 4.69) is 5.32 Å². The summed E-state index contributed by atoms with van der Waals surface area (Å²) in [4.78, 5) is 52.3. The van der Waals surface area contributed by atoms with Crippen LogP contribution in [0.4, 0.5) is 5.69 Å². The first kappa shape index (κ1) is 20.6. The lowest BCUT2D eigenvalue weighted by atomic mass is 9.81. The topological polar surface area (TPSA) is 92.8 Å². The fourth-order valence-electron chi connectivity index (χ4n) is 5.52. The Balaban J connectivity index is 1.42. The summed E-state index contributed by atoms with van der Waals surface area (Å²) in [5.74, 6) is -2.01. The summed E-state index contributed by atoms with van der Waals surface area (Å²) < 4.78 is 5.23. The van der Waals surface area contributed by atoms with Gasteiger partial charge in [-0.1, -0.05) is 26.0 Å². The molecule has 1 heterocycles. The third-order valence-electron chi connectivity index (χ3n) is 6.76. The molecular weight excluding hydrogens is 384 g/mol. The summed E-state index contributed by atoms with van der Waals surface area (Å²) in [6.45, 7) is 5.00. The zero-order chi connectivity index (χ0) is 21.6. The summed E-state index contributed by atoms with van der Waals surface area (Å²) in [5.41, 5.74) is 1.61. The molecule has 5 atom stereocenters. The summed E-state index contributed by atoms with van der Waals surface area (Å²) >= 11 is 0. The van der Waals surface area contributed by atoms with E-state index in [4.69, 9.17) is 4.74 Å². The normalized spacial score (nSPS) is 28.1. The predicted molar refractivity (Wildman–Crippen MR) is 109 cm³/mol. The van der Waals surface area contributed by atoms with E-state index >= 15 is 0 Å². The average molecular weight is 412 g/mol. The Morgan fingerprint density at radius 3 is 2.33 bits per heavy atom. The minimum atomic E-state index is -0.998. The number of rotatable bonds is 6. The fourth-order valence-corrected chi connectivity index (χ4v) is 5.52. The molecule has 0 spiro atoms. The number of carbonyl (C=O) groups is 4. The number of likely N-dealkylation sites (tertiary alicyclic amines) is 1. The molecule has 0 radical (unpaired) electrons. The SMILES string of the molecule is Cc1cccc(NC(=O)COC(=O)[C@H](C(C)C)N2C(=O)[C@H]3[C@H]4CC[C@@H](C4)[C@@H]3C2=O)c1. The number of carbonyl (C=O) groups excluding carboxylic acids is 4. The molecule has 30 heavy (non-hydrogen) atoms. The molecule has 2 bridgehead atoms. The van der Waals surface area contributed by atoms with Gasteiger partial charge in [0.2, 0.25) is 11.8 Å². The van der Waals surface area contributed by atoms with Gasteiger partial charge in [0.1, 0.15) is 6.04 Å². The molecule has 3 aliphatic rings. The molecule has 3 amide bonds. The van der Waals surface area contributed by atoms with Crippen molar-refractivity contribution in [1.29, 1.82) is 0 Å². The number of fused-ring (bicyclic) bond motifs is 5. The van der Waals surface area contributed by atoms with Gasteiger partial charge in [-0.3, -0.25) is 19.3 Å². The number of nitrogens with zero attached hydrogens (tertiary/aromatic N) is 1. The van der Waals surface area contributed by atoms with Crippen molar-refractivity contribution in [3.8, 4) is 0 Å². The Bertz CT molecular complexity index is 867. The average Bonchev–Trinajstić information content (AvgIpc) is 3.36. The minimum absolute atomic E-state index is 0.239. The second-order valence-electron chi connectivity index (χ2n) is 9.15. The van der Waals surface area contributed by atoms with Crippen LogP contribution in [0, 0.1) is 36.5 Å². The van der Waals surface area contributed by atoms with Crippen molar-refractivity contribution < 1.29 is 23.9 Å². The molecule has 2 saturated carbocycles. The van der Waals surface area contributed by atoms with Gasteiger partial charge < -0.3 is 10.1 Å². The molecule has 1 N–H and O–H groups in total. The monoisotopic (exact) mass is 412 g/mol. The number of amides is 3. The van der Waals surface area contributed by atoms with Crippen LogP contribution in [0.5, 0.6) is 0 Å². The molecule has 2 aliphatic carbocycles. The van der Waals surface area contributed by atoms with Crippen LogP contribution < -0.4 is 5.32 Å². The molecule has 3 fully saturated rings. The maximum absolute atomic E-state index is 13.1. The van der Waals surface area contributed by atoms with Crippen LogP contribution in [-0.4, -0.2) is 41.2 Å². The van der Waals surface area contributed by atoms with Gasteiger partial charge >= 0.3 is 5.97 Å². The second-order valence-corrected chi connectivity index (χ2v) is 9.15. The van der Waals surface area contributed by atoms with Crippen molar-refractivity contribution in [3.63, 3.8) is 0 Å². The highest BCUT2D eigenvalue weighted by Crippen LogP contribution is 2.56. The van der Waals surface area contributed by atoms with E-state index < -0.39 is 24.5 Å². The number of hydrogen-bond donors (Lipinski definition) is 1. The number of aryl methyl sites for hydroxylation is 1. The number of anilines is 1. The molecule has 0 unspecified atom stereocenters. The molecule has 7 nitrogen and oxygen atoms in total. The van der Waals surface area contributed by atoms with Gasteiger partial charge in [0.25, 0.3) is 5.91 Å². The first-order valence-electron chi connectivity index (χ1n) is 10.7. The summed E-state index contributed by atoms with van der Waals surface area (Å²) in [6.07, 6.45) is 2.90. The van der Waals surface area contributed by atoms with Crippen LogP contribution in [0.2, 0.25) is 0 Å². The quantitative estimate of drug-likeness (QED) is 0.573. The van der Waals surface area contributed by atoms with Gasteiger partial charge in [0.15, 0.2) is 6.61 Å². The van der Waals surface area contributed by atoms with Gasteiger partial charge in [-0.15, -0.1) is 0 Å². The van der Waals surface area contributed by atoms with Crippen LogP contribution in [0.3, 0.4) is 0 Å². The van der Waals surface area contributed by atoms with Gasteiger partial charge in [-0.25, -0.2) is 4.79 Å². The molecule has 1 aliphatic heterocycles. The number of imide groups is 1. The maximum Gasteiger partial charge on any atom is 0.330 e. The summed E-state index contributed by atoms with van der Waals surface area (Å²) in [7, 11) is 0. The molecule has 1 aromatic carbocycles. The number of benzene rings is 1. The lowest BCUT2D eigenvalue weighted by Gasteiger charge is -2.28. The van der Waals surface area contributed by atoms with Gasteiger partial charge in [0.05, 0.1) is 11.8 Å². The first-order valence-corrected chi connectivity index (χ1v) is 10.7. The van der Waals surface area contributed by atoms with Crippen LogP contribution in [0.25, 0.3) is 0 Å². The molecular formula is C23H28N2O5. The van der Waals surface area contributed by atoms with Crippen molar-refractivity contribution in [3.05, 3.63) is 29.8 Å². The molecule has 7 heteroatoms. The zero-order valence-electron chi connectivity index (χ0n) is 17.6. The molecule has 0 aromatic heterocycles. The lowest BCUT2D eigenvalue weighted by Crippen LogP contribution is -2.50. The van der Waals surface area contributed by atoms with E-state index in [1.165, 1.54) is 0 Å². The van der Waals surface area contributed by atoms with Crippen molar-refractivity contribution in [1.82, 2.24) is 4.90 Å². The minimum Gasteiger partial charge on any atom is -0.454 e. The Morgan fingerprint density at radius 2 is 1.77 bits per heavy atom. The van der Waals surface area contributed by atoms with Gasteiger partial charge in [0, 0.05) is 5.69 Å². The standard InChI is InChI=1S/C23H28N2O5/c1-12(2)20(23(29)30-11-17(26)24-16-6-4-5-13(3)9-16)25-21(27)18-14-7-8-15(10-14)19(18)22(25)28/h4-6,9,12,14-15,18-20H,7-8,10-11H2,1-3H3,(H,24,26)/t14-,15-,18-,19-,20-/m0/s1. The van der Waals surface area contributed by atoms with Crippen LogP contribution in [0.1, 0.15) is 38.7 Å². The fraction of sp³-hybridized carbons (Fsp3) is 0.565. The van der Waals surface area contributed by atoms with E-state index in [-0.39, 0.29) is 41.4 Å². The highest BCUT2D eigenvalue weighted by atomic mass is 16.5. The molecule has 4 rings (SSSR count). The number of esters is 1. The van der Waals surface area contributed by atoms with Crippen molar-refractivity contribution in [2.24, 2.45) is 29.6 Å². The zero-order valence-corrected chi connectivity index (χ0v) is 17.6. The third kappa shape index (κ3) is 3.50. The van der Waals surface area contributed by atoms with Crippen molar-refractivity contribution >= 4 is 29.4 Å². The van der Waals surface area contributed by atoms with E-state index in [1.54, 1.807) is 19.9 Å². The van der Waals surface area contributed by atoms with Crippen molar-refractivity contribution in [2.45, 2.75) is 46.1 Å².